The second-order valence-corrected chi connectivity index (χ2v) is 8.31. The van der Waals surface area contributed by atoms with Gasteiger partial charge in [-0.3, -0.25) is 14.5 Å². The molecule has 0 radical (unpaired) electrons. The number of nitrogens with zero attached hydrogens (tertiary/aromatic N) is 3. The molecule has 2 amide bonds. The quantitative estimate of drug-likeness (QED) is 0.417. The average Bonchev–Trinajstić information content (AvgIpc) is 2.94. The molecule has 3 rings (SSSR count). The summed E-state index contributed by atoms with van der Waals surface area (Å²) in [5.74, 6) is -0.582. The van der Waals surface area contributed by atoms with Gasteiger partial charge in [0.25, 0.3) is 5.91 Å². The van der Waals surface area contributed by atoms with Gasteiger partial charge < -0.3 is 10.4 Å². The number of fused-ring (bicyclic) bond motifs is 1. The number of carbonyl (C=O) groups is 3. The van der Waals surface area contributed by atoms with E-state index in [2.05, 4.69) is 15.5 Å². The number of rotatable bonds is 6. The van der Waals surface area contributed by atoms with E-state index in [-0.39, 0.29) is 17.0 Å². The summed E-state index contributed by atoms with van der Waals surface area (Å²) in [5, 5.41) is 20.3. The number of carboxylic acid groups (broad SMARTS) is 1. The minimum Gasteiger partial charge on any atom is -0.477 e. The van der Waals surface area contributed by atoms with Gasteiger partial charge in [-0.2, -0.15) is 0 Å². The van der Waals surface area contributed by atoms with Crippen molar-refractivity contribution in [1.82, 2.24) is 20.4 Å². The van der Waals surface area contributed by atoms with E-state index in [1.807, 2.05) is 6.92 Å². The number of nitrogens with one attached hydrogen (secondary N) is 1. The molecule has 0 unspecified atom stereocenters. The second kappa shape index (κ2) is 6.49. The van der Waals surface area contributed by atoms with E-state index in [1.54, 1.807) is 0 Å². The first kappa shape index (κ1) is 16.3. The maximum Gasteiger partial charge on any atom is 0.352 e. The highest BCUT2D eigenvalue weighted by atomic mass is 32.2. The molecule has 2 N–H and O–H groups in total. The molecule has 122 valence electrons. The van der Waals surface area contributed by atoms with Crippen molar-refractivity contribution in [3.05, 3.63) is 16.3 Å². The highest BCUT2D eigenvalue weighted by Gasteiger charge is 2.53. The van der Waals surface area contributed by atoms with Crippen LogP contribution in [0.1, 0.15) is 5.01 Å². The SMILES string of the molecule is Cc1nnc(SCC2=C(C(=O)O)N3C(=O)[C@H](NC=O)[C@H]3SC2)s1. The molecule has 2 aliphatic heterocycles. The number of carbonyl (C=O) groups excluding carboxylic acids is 2. The lowest BCUT2D eigenvalue weighted by Crippen LogP contribution is -2.69. The number of thioether (sulfide) groups is 2. The van der Waals surface area contributed by atoms with Crippen LogP contribution in [-0.4, -0.2) is 61.4 Å². The minimum absolute atomic E-state index is 0.0245. The lowest BCUT2D eigenvalue weighted by atomic mass is 10.0. The van der Waals surface area contributed by atoms with Crippen molar-refractivity contribution in [2.24, 2.45) is 0 Å². The van der Waals surface area contributed by atoms with Gasteiger partial charge in [0.05, 0.1) is 0 Å². The Kier molecular flexibility index (Phi) is 4.60. The number of aryl methyl sites for hydroxylation is 1. The van der Waals surface area contributed by atoms with Crippen LogP contribution >= 0.6 is 34.9 Å². The van der Waals surface area contributed by atoms with Crippen LogP contribution in [0.15, 0.2) is 15.6 Å². The number of carboxylic acids is 1. The number of aliphatic carboxylic acids is 1. The van der Waals surface area contributed by atoms with Crippen LogP contribution in [-0.2, 0) is 14.4 Å². The van der Waals surface area contributed by atoms with Crippen molar-refractivity contribution in [2.75, 3.05) is 11.5 Å². The van der Waals surface area contributed by atoms with E-state index in [0.29, 0.717) is 23.5 Å². The molecule has 2 aliphatic rings. The maximum absolute atomic E-state index is 12.1. The van der Waals surface area contributed by atoms with Crippen LogP contribution in [0.25, 0.3) is 0 Å². The van der Waals surface area contributed by atoms with Gasteiger partial charge in [0.1, 0.15) is 22.1 Å². The van der Waals surface area contributed by atoms with Crippen LogP contribution in [0.2, 0.25) is 0 Å². The van der Waals surface area contributed by atoms with E-state index in [4.69, 9.17) is 0 Å². The summed E-state index contributed by atoms with van der Waals surface area (Å²) >= 11 is 4.30. The first-order valence-electron chi connectivity index (χ1n) is 6.55. The Morgan fingerprint density at radius 2 is 2.35 bits per heavy atom. The smallest absolute Gasteiger partial charge is 0.352 e. The number of hydrogen-bond donors (Lipinski definition) is 2. The molecular formula is C12H12N4O4S3. The zero-order chi connectivity index (χ0) is 16.6. The summed E-state index contributed by atoms with van der Waals surface area (Å²) in [6.07, 6.45) is 0.466. The molecule has 23 heavy (non-hydrogen) atoms. The van der Waals surface area contributed by atoms with Gasteiger partial charge in [-0.1, -0.05) is 23.1 Å². The van der Waals surface area contributed by atoms with Gasteiger partial charge in [-0.05, 0) is 12.5 Å². The molecule has 1 aromatic heterocycles. The van der Waals surface area contributed by atoms with Crippen LogP contribution in [0.5, 0.6) is 0 Å². The molecule has 1 aromatic rings. The highest BCUT2D eigenvalue weighted by Crippen LogP contribution is 2.41. The third kappa shape index (κ3) is 2.95. The Bertz CT molecular complexity index is 704. The summed E-state index contributed by atoms with van der Waals surface area (Å²) in [7, 11) is 0. The molecule has 3 heterocycles. The predicted octanol–water partition coefficient (Wildman–Crippen LogP) is 0.307. The Balaban J connectivity index is 1.79. The maximum atomic E-state index is 12.1. The summed E-state index contributed by atoms with van der Waals surface area (Å²) in [6, 6.07) is -0.646. The van der Waals surface area contributed by atoms with Gasteiger partial charge in [0.15, 0.2) is 4.34 Å². The predicted molar refractivity (Wildman–Crippen MR) is 86.1 cm³/mol. The molecule has 0 aromatic carbocycles. The number of amides is 2. The van der Waals surface area contributed by atoms with Crippen molar-refractivity contribution >= 4 is 53.1 Å². The third-order valence-electron chi connectivity index (χ3n) is 3.37. The van der Waals surface area contributed by atoms with E-state index in [0.717, 1.165) is 9.35 Å². The van der Waals surface area contributed by atoms with Crippen molar-refractivity contribution < 1.29 is 19.5 Å². The van der Waals surface area contributed by atoms with E-state index >= 15 is 0 Å². The minimum atomic E-state index is -1.13. The zero-order valence-electron chi connectivity index (χ0n) is 11.9. The van der Waals surface area contributed by atoms with Gasteiger partial charge in [-0.15, -0.1) is 22.0 Å². The third-order valence-corrected chi connectivity index (χ3v) is 6.77. The van der Waals surface area contributed by atoms with Gasteiger partial charge in [-0.25, -0.2) is 4.79 Å². The summed E-state index contributed by atoms with van der Waals surface area (Å²) in [6.45, 7) is 1.85. The highest BCUT2D eigenvalue weighted by molar-refractivity contribution is 8.01. The molecular weight excluding hydrogens is 360 g/mol. The number of β-lactam (4-membered cyclic amide) rings is 1. The first-order chi connectivity index (χ1) is 11.0. The van der Waals surface area contributed by atoms with E-state index in [9.17, 15) is 19.5 Å². The fraction of sp³-hybridized carbons (Fsp3) is 0.417. The summed E-state index contributed by atoms with van der Waals surface area (Å²) in [4.78, 5) is 35.5. The van der Waals surface area contributed by atoms with E-state index < -0.39 is 12.0 Å². The molecule has 8 nitrogen and oxygen atoms in total. The summed E-state index contributed by atoms with van der Waals surface area (Å²) < 4.78 is 0.766. The number of aromatic nitrogens is 2. The molecule has 0 saturated carbocycles. The van der Waals surface area contributed by atoms with Crippen LogP contribution in [0.3, 0.4) is 0 Å². The molecule has 1 fully saturated rings. The zero-order valence-corrected chi connectivity index (χ0v) is 14.3. The van der Waals surface area contributed by atoms with Crippen LogP contribution in [0.4, 0.5) is 0 Å². The Hall–Kier alpha value is -1.59. The normalized spacial score (nSPS) is 23.3. The fourth-order valence-corrected chi connectivity index (χ4v) is 5.68. The Labute approximate surface area is 143 Å². The lowest BCUT2D eigenvalue weighted by molar-refractivity contribution is -0.149. The van der Waals surface area contributed by atoms with Gasteiger partial charge in [0, 0.05) is 11.5 Å². The summed E-state index contributed by atoms with van der Waals surface area (Å²) in [5.41, 5.74) is 0.700. The molecule has 0 aliphatic carbocycles. The van der Waals surface area contributed by atoms with Crippen molar-refractivity contribution in [3.8, 4) is 0 Å². The van der Waals surface area contributed by atoms with Crippen molar-refractivity contribution in [2.45, 2.75) is 22.7 Å². The molecule has 2 atom stereocenters. The Morgan fingerprint density at radius 1 is 1.57 bits per heavy atom. The molecule has 0 bridgehead atoms. The largest absolute Gasteiger partial charge is 0.477 e. The monoisotopic (exact) mass is 372 g/mol. The van der Waals surface area contributed by atoms with Gasteiger partial charge in [0.2, 0.25) is 6.41 Å². The molecule has 11 heteroatoms. The molecule has 0 spiro atoms. The lowest BCUT2D eigenvalue weighted by Gasteiger charge is -2.49. The van der Waals surface area contributed by atoms with Crippen molar-refractivity contribution in [3.63, 3.8) is 0 Å². The Morgan fingerprint density at radius 3 is 2.96 bits per heavy atom. The molecule has 1 saturated heterocycles. The standard InChI is InChI=1S/C12H12N4O4S3/c1-5-14-15-12(23-5)22-3-6-2-21-10-7(13-4-17)9(18)16(10)8(6)11(19)20/h4,7,10H,2-3H2,1H3,(H,13,17)(H,19,20)/t7-,10+/m0/s1. The number of hydrogen-bond acceptors (Lipinski definition) is 8. The van der Waals surface area contributed by atoms with Crippen LogP contribution < -0.4 is 5.32 Å². The first-order valence-corrected chi connectivity index (χ1v) is 9.40. The topological polar surface area (TPSA) is 112 Å². The van der Waals surface area contributed by atoms with Gasteiger partial charge >= 0.3 is 5.97 Å². The van der Waals surface area contributed by atoms with Crippen LogP contribution in [0, 0.1) is 6.92 Å². The van der Waals surface area contributed by atoms with E-state index in [1.165, 1.54) is 39.8 Å². The second-order valence-electron chi connectivity index (χ2n) is 4.80. The fourth-order valence-electron chi connectivity index (χ4n) is 2.37. The average molecular weight is 372 g/mol. The van der Waals surface area contributed by atoms with Crippen molar-refractivity contribution in [1.29, 1.82) is 0 Å².